The van der Waals surface area contributed by atoms with Crippen molar-refractivity contribution in [2.45, 2.75) is 25.5 Å². The van der Waals surface area contributed by atoms with Crippen LogP contribution in [-0.2, 0) is 18.4 Å². The molecule has 0 aliphatic carbocycles. The molecule has 1 aromatic heterocycles. The van der Waals surface area contributed by atoms with E-state index in [0.717, 1.165) is 16.8 Å². The van der Waals surface area contributed by atoms with Gasteiger partial charge in [-0.15, -0.1) is 10.2 Å². The third kappa shape index (κ3) is 5.45. The molecule has 1 heterocycles. The van der Waals surface area contributed by atoms with Gasteiger partial charge in [0, 0.05) is 18.3 Å². The number of hydrogen-bond acceptors (Lipinski definition) is 5. The summed E-state index contributed by atoms with van der Waals surface area (Å²) in [5.74, 6) is 0.557. The Labute approximate surface area is 173 Å². The molecular formula is C21H23N5O2S. The molecule has 7 nitrogen and oxygen atoms in total. The molecule has 3 aromatic rings. The Bertz CT molecular complexity index is 1020. The number of thioether (sulfide) groups is 1. The average molecular weight is 410 g/mol. The van der Waals surface area contributed by atoms with E-state index in [-0.39, 0.29) is 24.1 Å². The summed E-state index contributed by atoms with van der Waals surface area (Å²) in [6, 6.07) is 14.9. The molecule has 0 saturated carbocycles. The monoisotopic (exact) mass is 409 g/mol. The number of aryl methyl sites for hydroxylation is 2. The second kappa shape index (κ2) is 9.38. The van der Waals surface area contributed by atoms with Gasteiger partial charge in [-0.25, -0.2) is 0 Å². The molecule has 2 N–H and O–H groups in total. The van der Waals surface area contributed by atoms with Gasteiger partial charge in [0.1, 0.15) is 0 Å². The molecule has 0 fully saturated rings. The van der Waals surface area contributed by atoms with Gasteiger partial charge in [0.2, 0.25) is 5.91 Å². The fourth-order valence-corrected chi connectivity index (χ4v) is 3.48. The van der Waals surface area contributed by atoms with E-state index in [0.29, 0.717) is 16.5 Å². The first-order valence-electron chi connectivity index (χ1n) is 9.15. The van der Waals surface area contributed by atoms with Gasteiger partial charge in [0.15, 0.2) is 11.0 Å². The van der Waals surface area contributed by atoms with Crippen molar-refractivity contribution >= 4 is 29.3 Å². The number of nitrogens with zero attached hydrogens (tertiary/aromatic N) is 3. The van der Waals surface area contributed by atoms with Gasteiger partial charge in [-0.2, -0.15) is 0 Å². The number of carbonyl (C=O) groups is 2. The van der Waals surface area contributed by atoms with E-state index in [4.69, 9.17) is 0 Å². The fourth-order valence-electron chi connectivity index (χ4n) is 2.75. The molecule has 0 saturated heterocycles. The zero-order chi connectivity index (χ0) is 20.8. The lowest BCUT2D eigenvalue weighted by molar-refractivity contribution is -0.113. The first-order valence-corrected chi connectivity index (χ1v) is 10.1. The lowest BCUT2D eigenvalue weighted by Gasteiger charge is -2.09. The summed E-state index contributed by atoms with van der Waals surface area (Å²) < 4.78 is 1.78. The third-order valence-corrected chi connectivity index (χ3v) is 5.38. The van der Waals surface area contributed by atoms with Gasteiger partial charge in [0.05, 0.1) is 12.3 Å². The minimum Gasteiger partial charge on any atom is -0.345 e. The van der Waals surface area contributed by atoms with Crippen LogP contribution < -0.4 is 10.6 Å². The van der Waals surface area contributed by atoms with E-state index in [1.165, 1.54) is 11.8 Å². The summed E-state index contributed by atoms with van der Waals surface area (Å²) in [4.78, 5) is 24.4. The Balaban J connectivity index is 1.52. The fraction of sp³-hybridized carbons (Fsp3) is 0.238. The Kier molecular flexibility index (Phi) is 6.66. The van der Waals surface area contributed by atoms with Gasteiger partial charge >= 0.3 is 0 Å². The maximum atomic E-state index is 12.3. The minimum atomic E-state index is -0.171. The highest BCUT2D eigenvalue weighted by atomic mass is 32.2. The summed E-state index contributed by atoms with van der Waals surface area (Å²) in [5, 5.41) is 14.6. The van der Waals surface area contributed by atoms with Crippen molar-refractivity contribution in [3.63, 3.8) is 0 Å². The highest BCUT2D eigenvalue weighted by Gasteiger charge is 2.13. The molecule has 2 aromatic carbocycles. The highest BCUT2D eigenvalue weighted by Crippen LogP contribution is 2.19. The van der Waals surface area contributed by atoms with Crippen molar-refractivity contribution < 1.29 is 9.59 Å². The Morgan fingerprint density at radius 2 is 1.83 bits per heavy atom. The van der Waals surface area contributed by atoms with Gasteiger partial charge in [-0.3, -0.25) is 9.59 Å². The van der Waals surface area contributed by atoms with E-state index in [9.17, 15) is 9.59 Å². The second-order valence-electron chi connectivity index (χ2n) is 6.66. The molecule has 0 aliphatic heterocycles. The zero-order valence-corrected chi connectivity index (χ0v) is 17.4. The van der Waals surface area contributed by atoms with Gasteiger partial charge in [-0.1, -0.05) is 47.7 Å². The number of carbonyl (C=O) groups excluding carboxylic acids is 2. The maximum absolute atomic E-state index is 12.3. The molecule has 29 heavy (non-hydrogen) atoms. The van der Waals surface area contributed by atoms with Crippen LogP contribution in [0.2, 0.25) is 0 Å². The van der Waals surface area contributed by atoms with Crippen LogP contribution in [0.4, 0.5) is 5.69 Å². The van der Waals surface area contributed by atoms with Crippen LogP contribution in [0.5, 0.6) is 0 Å². The first kappa shape index (κ1) is 20.6. The van der Waals surface area contributed by atoms with Crippen molar-refractivity contribution in [2.75, 3.05) is 11.1 Å². The molecule has 0 radical (unpaired) electrons. The Morgan fingerprint density at radius 1 is 1.07 bits per heavy atom. The average Bonchev–Trinajstić information content (AvgIpc) is 3.07. The summed E-state index contributed by atoms with van der Waals surface area (Å²) >= 11 is 1.30. The molecule has 2 amide bonds. The lowest BCUT2D eigenvalue weighted by atomic mass is 10.1. The Morgan fingerprint density at radius 3 is 2.55 bits per heavy atom. The second-order valence-corrected chi connectivity index (χ2v) is 7.60. The topological polar surface area (TPSA) is 88.9 Å². The predicted molar refractivity (Wildman–Crippen MR) is 114 cm³/mol. The minimum absolute atomic E-state index is 0.108. The number of benzene rings is 2. The van der Waals surface area contributed by atoms with Crippen molar-refractivity contribution in [1.29, 1.82) is 0 Å². The quantitative estimate of drug-likeness (QED) is 0.586. The number of anilines is 1. The molecule has 0 atom stereocenters. The van der Waals surface area contributed by atoms with Crippen molar-refractivity contribution in [1.82, 2.24) is 20.1 Å². The summed E-state index contributed by atoms with van der Waals surface area (Å²) in [5.41, 5.74) is 3.58. The summed E-state index contributed by atoms with van der Waals surface area (Å²) in [6.45, 7) is 4.24. The van der Waals surface area contributed by atoms with Gasteiger partial charge < -0.3 is 15.2 Å². The van der Waals surface area contributed by atoms with Crippen molar-refractivity contribution in [3.05, 3.63) is 71.0 Å². The molecule has 0 bridgehead atoms. The van der Waals surface area contributed by atoms with Crippen LogP contribution >= 0.6 is 11.8 Å². The zero-order valence-electron chi connectivity index (χ0n) is 16.6. The smallest absolute Gasteiger partial charge is 0.251 e. The number of amides is 2. The SMILES string of the molecule is Cc1ccc(NC(=O)CSc2nnc(CNC(=O)c3ccccc3)n2C)c(C)c1. The van der Waals surface area contributed by atoms with Crippen LogP contribution in [0.1, 0.15) is 27.3 Å². The van der Waals surface area contributed by atoms with Gasteiger partial charge in [-0.05, 0) is 37.6 Å². The normalized spacial score (nSPS) is 10.6. The molecule has 0 unspecified atom stereocenters. The predicted octanol–water partition coefficient (Wildman–Crippen LogP) is 3.09. The molecule has 0 aliphatic rings. The number of nitrogens with one attached hydrogen (secondary N) is 2. The van der Waals surface area contributed by atoms with E-state index < -0.39 is 0 Å². The van der Waals surface area contributed by atoms with Crippen molar-refractivity contribution in [2.24, 2.45) is 7.05 Å². The number of rotatable bonds is 7. The number of aromatic nitrogens is 3. The third-order valence-electron chi connectivity index (χ3n) is 4.36. The first-order chi connectivity index (χ1) is 13.9. The van der Waals surface area contributed by atoms with E-state index in [1.54, 1.807) is 16.7 Å². The summed E-state index contributed by atoms with van der Waals surface area (Å²) in [7, 11) is 1.81. The maximum Gasteiger partial charge on any atom is 0.251 e. The van der Waals surface area contributed by atoms with Crippen LogP contribution in [0, 0.1) is 13.8 Å². The van der Waals surface area contributed by atoms with Crippen LogP contribution in [0.3, 0.4) is 0 Å². The van der Waals surface area contributed by atoms with Crippen LogP contribution in [-0.4, -0.2) is 32.3 Å². The van der Waals surface area contributed by atoms with E-state index in [2.05, 4.69) is 20.8 Å². The summed E-state index contributed by atoms with van der Waals surface area (Å²) in [6.07, 6.45) is 0. The van der Waals surface area contributed by atoms with Gasteiger partial charge in [0.25, 0.3) is 5.91 Å². The molecule has 150 valence electrons. The Hall–Kier alpha value is -3.13. The van der Waals surface area contributed by atoms with Crippen LogP contribution in [0.15, 0.2) is 53.7 Å². The molecule has 0 spiro atoms. The molecular weight excluding hydrogens is 386 g/mol. The standard InChI is InChI=1S/C21H23N5O2S/c1-14-9-10-17(15(2)11-14)23-19(27)13-29-21-25-24-18(26(21)3)12-22-20(28)16-7-5-4-6-8-16/h4-11H,12-13H2,1-3H3,(H,22,28)(H,23,27). The van der Waals surface area contributed by atoms with E-state index >= 15 is 0 Å². The lowest BCUT2D eigenvalue weighted by Crippen LogP contribution is -2.24. The highest BCUT2D eigenvalue weighted by molar-refractivity contribution is 7.99. The largest absolute Gasteiger partial charge is 0.345 e. The van der Waals surface area contributed by atoms with Crippen molar-refractivity contribution in [3.8, 4) is 0 Å². The number of hydrogen-bond donors (Lipinski definition) is 2. The molecule has 3 rings (SSSR count). The van der Waals surface area contributed by atoms with E-state index in [1.807, 2.05) is 57.3 Å². The van der Waals surface area contributed by atoms with Crippen LogP contribution in [0.25, 0.3) is 0 Å². The molecule has 8 heteroatoms.